The summed E-state index contributed by atoms with van der Waals surface area (Å²) in [6, 6.07) is 32.9. The molecule has 0 spiro atoms. The van der Waals surface area contributed by atoms with E-state index in [4.69, 9.17) is 8.61 Å². The topological polar surface area (TPSA) is 72.8 Å². The van der Waals surface area contributed by atoms with Gasteiger partial charge < -0.3 is 9.53 Å². The van der Waals surface area contributed by atoms with Crippen LogP contribution < -0.4 is 10.4 Å². The molecule has 0 aliphatic heterocycles. The largest absolute Gasteiger partial charge is 0.407 e. The minimum atomic E-state index is -4.00. The molecule has 0 saturated carbocycles. The molecule has 5 nitrogen and oxygen atoms in total. The Morgan fingerprint density at radius 2 is 1.32 bits per heavy atom. The van der Waals surface area contributed by atoms with Crippen LogP contribution in [0.1, 0.15) is 27.2 Å². The van der Waals surface area contributed by atoms with Crippen molar-refractivity contribution in [1.29, 1.82) is 0 Å². The zero-order valence-corrected chi connectivity index (χ0v) is 23.3. The van der Waals surface area contributed by atoms with Crippen LogP contribution in [-0.4, -0.2) is 41.2 Å². The number of hydrogen-bond acceptors (Lipinski definition) is 5. The summed E-state index contributed by atoms with van der Waals surface area (Å²) in [5.74, 6) is 0. The molecule has 0 aliphatic rings. The lowest BCUT2D eigenvalue weighted by atomic mass is 10.1. The van der Waals surface area contributed by atoms with Crippen LogP contribution in [0.2, 0.25) is 5.04 Å². The van der Waals surface area contributed by atoms with Gasteiger partial charge in [-0.05, 0) is 44.7 Å². The third-order valence-corrected chi connectivity index (χ3v) is 12.9. The molecule has 0 saturated heterocycles. The lowest BCUT2D eigenvalue weighted by Crippen LogP contribution is -2.66. The van der Waals surface area contributed by atoms with Gasteiger partial charge in [-0.3, -0.25) is 4.18 Å². The van der Waals surface area contributed by atoms with Gasteiger partial charge >= 0.3 is 0 Å². The summed E-state index contributed by atoms with van der Waals surface area (Å²) >= 11 is 0. The lowest BCUT2D eigenvalue weighted by Gasteiger charge is -2.43. The first-order valence-corrected chi connectivity index (χ1v) is 15.8. The molecule has 0 unspecified atom stereocenters. The molecule has 0 amide bonds. The number of rotatable bonds is 10. The van der Waals surface area contributed by atoms with Crippen molar-refractivity contribution in [1.82, 2.24) is 0 Å². The zero-order valence-electron chi connectivity index (χ0n) is 21.5. The maximum absolute atomic E-state index is 12.8. The van der Waals surface area contributed by atoms with Gasteiger partial charge in [-0.25, -0.2) is 0 Å². The molecule has 4 aromatic carbocycles. The van der Waals surface area contributed by atoms with Crippen molar-refractivity contribution in [3.05, 3.63) is 103 Å². The van der Waals surface area contributed by atoms with Gasteiger partial charge in [-0.2, -0.15) is 8.42 Å². The van der Waals surface area contributed by atoms with Crippen molar-refractivity contribution in [2.45, 2.75) is 43.2 Å². The molecule has 1 N–H and O–H groups in total. The van der Waals surface area contributed by atoms with Gasteiger partial charge in [0, 0.05) is 6.61 Å². The van der Waals surface area contributed by atoms with Gasteiger partial charge in [0.15, 0.2) is 0 Å². The summed E-state index contributed by atoms with van der Waals surface area (Å²) < 4.78 is 37.5. The van der Waals surface area contributed by atoms with E-state index in [1.165, 1.54) is 6.07 Å². The van der Waals surface area contributed by atoms with Crippen LogP contribution >= 0.6 is 0 Å². The van der Waals surface area contributed by atoms with E-state index in [9.17, 15) is 13.5 Å². The average Bonchev–Trinajstić information content (AvgIpc) is 2.90. The third kappa shape index (κ3) is 6.03. The molecule has 0 radical (unpaired) electrons. The maximum atomic E-state index is 12.8. The lowest BCUT2D eigenvalue weighted by molar-refractivity contribution is 0.0868. The molecule has 4 aromatic rings. The monoisotopic (exact) mass is 534 g/mol. The standard InChI is InChI=1S/C30H34O5SSi/c1-30(2,3)37(28-14-6-4-7-15-28,29-16-8-5-9-17-29)35-21-20-26(31)23-34-36(32,33)27-19-18-24-12-10-11-13-25(24)22-27/h4-19,22,26,31H,20-21,23H2,1-3H3/t26-/m0/s1. The predicted molar refractivity (Wildman–Crippen MR) is 151 cm³/mol. The van der Waals surface area contributed by atoms with Crippen LogP contribution in [0.5, 0.6) is 0 Å². The second-order valence-electron chi connectivity index (χ2n) is 10.2. The molecular weight excluding hydrogens is 500 g/mol. The van der Waals surface area contributed by atoms with Crippen LogP contribution in [-0.2, 0) is 18.7 Å². The maximum Gasteiger partial charge on any atom is 0.297 e. The highest BCUT2D eigenvalue weighted by atomic mass is 32.2. The molecule has 0 fully saturated rings. The van der Waals surface area contributed by atoms with E-state index in [-0.39, 0.29) is 29.6 Å². The second-order valence-corrected chi connectivity index (χ2v) is 16.1. The summed E-state index contributed by atoms with van der Waals surface area (Å²) in [4.78, 5) is 0.0713. The first-order chi connectivity index (χ1) is 17.6. The summed E-state index contributed by atoms with van der Waals surface area (Å²) in [5, 5.41) is 14.5. The Balaban J connectivity index is 1.46. The van der Waals surface area contributed by atoms with Crippen molar-refractivity contribution in [3.8, 4) is 0 Å². The van der Waals surface area contributed by atoms with Crippen LogP contribution in [0.15, 0.2) is 108 Å². The Labute approximate surface area is 221 Å². The normalized spacial score (nSPS) is 13.5. The van der Waals surface area contributed by atoms with E-state index in [0.29, 0.717) is 0 Å². The molecular formula is C30H34O5SSi. The van der Waals surface area contributed by atoms with E-state index < -0.39 is 24.5 Å². The Morgan fingerprint density at radius 3 is 1.89 bits per heavy atom. The van der Waals surface area contributed by atoms with Crippen molar-refractivity contribution >= 4 is 39.6 Å². The van der Waals surface area contributed by atoms with Gasteiger partial charge in [-0.15, -0.1) is 0 Å². The van der Waals surface area contributed by atoms with Crippen LogP contribution in [0.25, 0.3) is 10.8 Å². The van der Waals surface area contributed by atoms with E-state index in [2.05, 4.69) is 45.0 Å². The van der Waals surface area contributed by atoms with Gasteiger partial charge in [0.1, 0.15) is 0 Å². The highest BCUT2D eigenvalue weighted by Gasteiger charge is 2.50. The minimum absolute atomic E-state index is 0.0713. The fraction of sp³-hybridized carbons (Fsp3) is 0.267. The van der Waals surface area contributed by atoms with Gasteiger partial charge in [0.05, 0.1) is 17.6 Å². The Morgan fingerprint density at radius 1 is 0.784 bits per heavy atom. The van der Waals surface area contributed by atoms with Crippen LogP contribution in [0.4, 0.5) is 0 Å². The summed E-state index contributed by atoms with van der Waals surface area (Å²) in [5.41, 5.74) is 0. The predicted octanol–water partition coefficient (Wildman–Crippen LogP) is 4.87. The summed E-state index contributed by atoms with van der Waals surface area (Å²) in [6.07, 6.45) is -0.744. The smallest absolute Gasteiger partial charge is 0.297 e. The Kier molecular flexibility index (Phi) is 8.31. The highest BCUT2D eigenvalue weighted by molar-refractivity contribution is 7.86. The fourth-order valence-corrected chi connectivity index (χ4v) is 10.3. The van der Waals surface area contributed by atoms with Crippen molar-refractivity contribution < 1.29 is 22.1 Å². The Hall–Kier alpha value is -2.81. The molecule has 194 valence electrons. The van der Waals surface area contributed by atoms with Crippen LogP contribution in [0.3, 0.4) is 0 Å². The van der Waals surface area contributed by atoms with E-state index in [1.807, 2.05) is 60.7 Å². The Bertz CT molecular complexity index is 1380. The first-order valence-electron chi connectivity index (χ1n) is 12.4. The van der Waals surface area contributed by atoms with Crippen molar-refractivity contribution in [3.63, 3.8) is 0 Å². The molecule has 4 rings (SSSR count). The molecule has 0 aromatic heterocycles. The molecule has 37 heavy (non-hydrogen) atoms. The molecule has 0 aliphatic carbocycles. The SMILES string of the molecule is CC(C)(C)[Si](OCC[C@H](O)COS(=O)(=O)c1ccc2ccccc2c1)(c1ccccc1)c1ccccc1. The van der Waals surface area contributed by atoms with E-state index in [1.54, 1.807) is 12.1 Å². The van der Waals surface area contributed by atoms with Crippen molar-refractivity contribution in [2.75, 3.05) is 13.2 Å². The van der Waals surface area contributed by atoms with Gasteiger partial charge in [-0.1, -0.05) is 112 Å². The number of fused-ring (bicyclic) bond motifs is 1. The molecule has 7 heteroatoms. The summed E-state index contributed by atoms with van der Waals surface area (Å²) in [7, 11) is -6.73. The zero-order chi connectivity index (χ0) is 26.5. The fourth-order valence-electron chi connectivity index (χ4n) is 4.75. The van der Waals surface area contributed by atoms with Crippen molar-refractivity contribution in [2.24, 2.45) is 0 Å². The number of hydrogen-bond donors (Lipinski definition) is 1. The first kappa shape index (κ1) is 27.2. The van der Waals surface area contributed by atoms with E-state index >= 15 is 0 Å². The van der Waals surface area contributed by atoms with Gasteiger partial charge in [0.2, 0.25) is 0 Å². The average molecular weight is 535 g/mol. The molecule has 1 atom stereocenters. The quantitative estimate of drug-likeness (QED) is 0.232. The molecule has 0 heterocycles. The third-order valence-electron chi connectivity index (χ3n) is 6.61. The minimum Gasteiger partial charge on any atom is -0.407 e. The highest BCUT2D eigenvalue weighted by Crippen LogP contribution is 2.36. The number of aliphatic hydroxyl groups excluding tert-OH is 1. The number of aliphatic hydroxyl groups is 1. The summed E-state index contributed by atoms with van der Waals surface area (Å²) in [6.45, 7) is 6.51. The van der Waals surface area contributed by atoms with Crippen LogP contribution in [0, 0.1) is 0 Å². The second kappa shape index (κ2) is 11.3. The molecule has 0 bridgehead atoms. The van der Waals surface area contributed by atoms with E-state index in [0.717, 1.165) is 21.1 Å². The van der Waals surface area contributed by atoms with Gasteiger partial charge in [0.25, 0.3) is 18.4 Å². The number of benzene rings is 4.